The monoisotopic (exact) mass is 434 g/mol. The van der Waals surface area contributed by atoms with E-state index in [1.54, 1.807) is 34.7 Å². The third-order valence-corrected chi connectivity index (χ3v) is 6.05. The largest absolute Gasteiger partial charge is 0.497 e. The minimum Gasteiger partial charge on any atom is -0.497 e. The van der Waals surface area contributed by atoms with Crippen molar-refractivity contribution in [1.82, 2.24) is 29.2 Å². The Balaban J connectivity index is 1.33. The van der Waals surface area contributed by atoms with Crippen LogP contribution < -0.4 is 10.3 Å². The zero-order valence-electron chi connectivity index (χ0n) is 18.3. The van der Waals surface area contributed by atoms with Crippen LogP contribution in [0, 0.1) is 5.92 Å². The van der Waals surface area contributed by atoms with Crippen LogP contribution in [0.3, 0.4) is 0 Å². The van der Waals surface area contributed by atoms with Gasteiger partial charge in [-0.2, -0.15) is 10.1 Å². The number of benzene rings is 1. The molecule has 0 saturated carbocycles. The Morgan fingerprint density at radius 1 is 1.12 bits per heavy atom. The number of hydrogen-bond acceptors (Lipinski definition) is 7. The summed E-state index contributed by atoms with van der Waals surface area (Å²) in [6, 6.07) is 9.37. The Morgan fingerprint density at radius 2 is 1.91 bits per heavy atom. The standard InChI is InChI=1S/C23H26N6O3/c1-16-7-9-27(10-8-16)15-22-24-21(26-32-22)14-28-11-12-29-20(23(28)30)13-19(25-29)17-3-5-18(31-2)6-4-17/h3-6,11-13,16H,7-10,14-15H2,1-2H3. The average molecular weight is 435 g/mol. The maximum Gasteiger partial charge on any atom is 0.277 e. The van der Waals surface area contributed by atoms with Gasteiger partial charge >= 0.3 is 0 Å². The Hall–Kier alpha value is -3.46. The number of fused-ring (bicyclic) bond motifs is 1. The van der Waals surface area contributed by atoms with Crippen molar-refractivity contribution in [2.24, 2.45) is 5.92 Å². The minimum atomic E-state index is -0.156. The summed E-state index contributed by atoms with van der Waals surface area (Å²) in [5.74, 6) is 2.64. The van der Waals surface area contributed by atoms with Crippen molar-refractivity contribution < 1.29 is 9.26 Å². The van der Waals surface area contributed by atoms with Gasteiger partial charge in [0.2, 0.25) is 5.89 Å². The lowest BCUT2D eigenvalue weighted by Gasteiger charge is -2.28. The zero-order valence-corrected chi connectivity index (χ0v) is 18.3. The van der Waals surface area contributed by atoms with Gasteiger partial charge in [-0.3, -0.25) is 9.69 Å². The number of hydrogen-bond donors (Lipinski definition) is 0. The first kappa shape index (κ1) is 20.4. The van der Waals surface area contributed by atoms with Crippen LogP contribution >= 0.6 is 0 Å². The molecule has 9 nitrogen and oxygen atoms in total. The van der Waals surface area contributed by atoms with Gasteiger partial charge in [0.1, 0.15) is 11.3 Å². The molecule has 166 valence electrons. The first-order valence-electron chi connectivity index (χ1n) is 10.9. The fourth-order valence-electron chi connectivity index (χ4n) is 4.04. The molecule has 4 aromatic rings. The second-order valence-electron chi connectivity index (χ2n) is 8.38. The topological polar surface area (TPSA) is 90.7 Å². The molecule has 4 heterocycles. The Morgan fingerprint density at radius 3 is 2.66 bits per heavy atom. The van der Waals surface area contributed by atoms with Crippen LogP contribution in [0.4, 0.5) is 0 Å². The van der Waals surface area contributed by atoms with Crippen molar-refractivity contribution in [3.05, 3.63) is 64.8 Å². The molecule has 3 aromatic heterocycles. The summed E-state index contributed by atoms with van der Waals surface area (Å²) in [5, 5.41) is 8.60. The van der Waals surface area contributed by atoms with Gasteiger partial charge in [-0.15, -0.1) is 0 Å². The van der Waals surface area contributed by atoms with Crippen molar-refractivity contribution in [2.45, 2.75) is 32.9 Å². The second kappa shape index (κ2) is 8.58. The van der Waals surface area contributed by atoms with E-state index in [4.69, 9.17) is 9.26 Å². The molecule has 1 aliphatic heterocycles. The van der Waals surface area contributed by atoms with Gasteiger partial charge < -0.3 is 13.8 Å². The predicted octanol–water partition coefficient (Wildman–Crippen LogP) is 2.83. The Bertz CT molecular complexity index is 1270. The molecule has 32 heavy (non-hydrogen) atoms. The van der Waals surface area contributed by atoms with Crippen LogP contribution in [-0.2, 0) is 13.1 Å². The maximum absolute atomic E-state index is 13.0. The molecular weight excluding hydrogens is 408 g/mol. The number of methoxy groups -OCH3 is 1. The van der Waals surface area contributed by atoms with Crippen molar-refractivity contribution in [2.75, 3.05) is 20.2 Å². The second-order valence-corrected chi connectivity index (χ2v) is 8.38. The molecule has 0 amide bonds. The lowest BCUT2D eigenvalue weighted by atomic mass is 9.99. The number of aromatic nitrogens is 5. The van der Waals surface area contributed by atoms with E-state index < -0.39 is 0 Å². The molecule has 0 bridgehead atoms. The van der Waals surface area contributed by atoms with Gasteiger partial charge in [-0.25, -0.2) is 4.52 Å². The van der Waals surface area contributed by atoms with Gasteiger partial charge in [0, 0.05) is 18.0 Å². The van der Waals surface area contributed by atoms with E-state index in [2.05, 4.69) is 27.1 Å². The van der Waals surface area contributed by atoms with E-state index in [9.17, 15) is 4.79 Å². The van der Waals surface area contributed by atoms with E-state index in [0.29, 0.717) is 23.8 Å². The number of nitrogens with zero attached hydrogens (tertiary/aromatic N) is 6. The molecule has 0 spiro atoms. The average Bonchev–Trinajstić information content (AvgIpc) is 3.45. The van der Waals surface area contributed by atoms with Crippen LogP contribution in [0.5, 0.6) is 5.75 Å². The SMILES string of the molecule is COc1ccc(-c2cc3c(=O)n(Cc4noc(CN5CCC(C)CC5)n4)ccn3n2)cc1. The summed E-state index contributed by atoms with van der Waals surface area (Å²) in [7, 11) is 1.63. The minimum absolute atomic E-state index is 0.156. The lowest BCUT2D eigenvalue weighted by molar-refractivity contribution is 0.165. The van der Waals surface area contributed by atoms with E-state index in [-0.39, 0.29) is 12.1 Å². The van der Waals surface area contributed by atoms with Gasteiger partial charge in [-0.05, 0) is 62.2 Å². The fourth-order valence-corrected chi connectivity index (χ4v) is 4.04. The van der Waals surface area contributed by atoms with Gasteiger partial charge in [0.15, 0.2) is 5.82 Å². The van der Waals surface area contributed by atoms with Crippen LogP contribution in [-0.4, -0.2) is 49.4 Å². The molecule has 0 aliphatic carbocycles. The summed E-state index contributed by atoms with van der Waals surface area (Å²) in [6.07, 6.45) is 5.85. The third kappa shape index (κ3) is 4.16. The number of rotatable bonds is 6. The molecule has 0 N–H and O–H groups in total. The number of ether oxygens (including phenoxy) is 1. The van der Waals surface area contributed by atoms with Crippen LogP contribution in [0.2, 0.25) is 0 Å². The Labute approximate surface area is 185 Å². The van der Waals surface area contributed by atoms with E-state index >= 15 is 0 Å². The Kier molecular flexibility index (Phi) is 5.48. The maximum atomic E-state index is 13.0. The van der Waals surface area contributed by atoms with Gasteiger partial charge in [0.05, 0.1) is 25.9 Å². The molecule has 5 rings (SSSR count). The molecule has 0 unspecified atom stereocenters. The first-order valence-corrected chi connectivity index (χ1v) is 10.9. The fraction of sp³-hybridized carbons (Fsp3) is 0.391. The summed E-state index contributed by atoms with van der Waals surface area (Å²) >= 11 is 0. The van der Waals surface area contributed by atoms with Gasteiger partial charge in [-0.1, -0.05) is 12.1 Å². The molecular formula is C23H26N6O3. The lowest BCUT2D eigenvalue weighted by Crippen LogP contribution is -2.32. The third-order valence-electron chi connectivity index (χ3n) is 6.05. The predicted molar refractivity (Wildman–Crippen MR) is 119 cm³/mol. The van der Waals surface area contributed by atoms with Crippen molar-refractivity contribution in [3.63, 3.8) is 0 Å². The summed E-state index contributed by atoms with van der Waals surface area (Å²) in [4.78, 5) is 19.9. The number of likely N-dealkylation sites (tertiary alicyclic amines) is 1. The number of piperidine rings is 1. The molecule has 1 aliphatic rings. The quantitative estimate of drug-likeness (QED) is 0.461. The molecule has 0 radical (unpaired) electrons. The summed E-state index contributed by atoms with van der Waals surface area (Å²) in [6.45, 7) is 5.29. The summed E-state index contributed by atoms with van der Waals surface area (Å²) < 4.78 is 13.8. The molecule has 1 fully saturated rings. The first-order chi connectivity index (χ1) is 15.6. The normalized spacial score (nSPS) is 15.4. The summed E-state index contributed by atoms with van der Waals surface area (Å²) in [5.41, 5.74) is 1.97. The van der Waals surface area contributed by atoms with Crippen molar-refractivity contribution >= 4 is 5.52 Å². The van der Waals surface area contributed by atoms with Gasteiger partial charge in [0.25, 0.3) is 5.56 Å². The molecule has 9 heteroatoms. The van der Waals surface area contributed by atoms with E-state index in [1.165, 1.54) is 12.8 Å². The zero-order chi connectivity index (χ0) is 22.1. The van der Waals surface area contributed by atoms with Crippen LogP contribution in [0.1, 0.15) is 31.5 Å². The van der Waals surface area contributed by atoms with E-state index in [1.807, 2.05) is 24.3 Å². The van der Waals surface area contributed by atoms with Crippen molar-refractivity contribution in [3.8, 4) is 17.0 Å². The highest BCUT2D eigenvalue weighted by atomic mass is 16.5. The highest BCUT2D eigenvalue weighted by molar-refractivity contribution is 5.66. The van der Waals surface area contributed by atoms with Crippen LogP contribution in [0.15, 0.2) is 52.0 Å². The smallest absolute Gasteiger partial charge is 0.277 e. The highest BCUT2D eigenvalue weighted by Gasteiger charge is 2.19. The van der Waals surface area contributed by atoms with Crippen LogP contribution in [0.25, 0.3) is 16.8 Å². The molecule has 1 saturated heterocycles. The molecule has 1 aromatic carbocycles. The van der Waals surface area contributed by atoms with E-state index in [0.717, 1.165) is 36.0 Å². The highest BCUT2D eigenvalue weighted by Crippen LogP contribution is 2.22. The molecule has 0 atom stereocenters. The van der Waals surface area contributed by atoms with Crippen molar-refractivity contribution in [1.29, 1.82) is 0 Å².